The van der Waals surface area contributed by atoms with E-state index in [1.807, 2.05) is 6.07 Å². The van der Waals surface area contributed by atoms with Gasteiger partial charge in [0, 0.05) is 24.0 Å². The van der Waals surface area contributed by atoms with E-state index < -0.39 is 6.10 Å². The Morgan fingerprint density at radius 1 is 1.33 bits per heavy atom. The third-order valence-electron chi connectivity index (χ3n) is 3.68. The molecule has 1 saturated carbocycles. The Morgan fingerprint density at radius 2 is 2.22 bits per heavy atom. The Kier molecular flexibility index (Phi) is 3.48. The van der Waals surface area contributed by atoms with Crippen molar-refractivity contribution in [1.82, 2.24) is 10.3 Å². The number of hydrogen-bond donors (Lipinski definition) is 2. The van der Waals surface area contributed by atoms with Gasteiger partial charge in [0.25, 0.3) is 0 Å². The number of piperidine rings is 1. The van der Waals surface area contributed by atoms with Gasteiger partial charge >= 0.3 is 0 Å². The van der Waals surface area contributed by atoms with Crippen LogP contribution < -0.4 is 10.1 Å². The van der Waals surface area contributed by atoms with E-state index in [0.717, 1.165) is 37.1 Å². The molecule has 1 saturated heterocycles. The van der Waals surface area contributed by atoms with E-state index in [9.17, 15) is 5.11 Å². The summed E-state index contributed by atoms with van der Waals surface area (Å²) in [5.74, 6) is 0.798. The van der Waals surface area contributed by atoms with Crippen LogP contribution in [-0.4, -0.2) is 28.8 Å². The van der Waals surface area contributed by atoms with Crippen LogP contribution in [0.1, 0.15) is 43.8 Å². The molecule has 98 valence electrons. The number of pyridine rings is 1. The molecule has 0 aromatic carbocycles. The maximum Gasteiger partial charge on any atom is 0.128 e. The molecule has 0 bridgehead atoms. The van der Waals surface area contributed by atoms with Crippen molar-refractivity contribution in [3.63, 3.8) is 0 Å². The van der Waals surface area contributed by atoms with Gasteiger partial charge in [-0.3, -0.25) is 4.98 Å². The quantitative estimate of drug-likeness (QED) is 0.853. The summed E-state index contributed by atoms with van der Waals surface area (Å²) in [5, 5.41) is 13.9. The predicted octanol–water partition coefficient (Wildman–Crippen LogP) is 1.80. The molecule has 0 radical (unpaired) electrons. The van der Waals surface area contributed by atoms with Crippen molar-refractivity contribution in [2.24, 2.45) is 0 Å². The first-order chi connectivity index (χ1) is 8.84. The molecule has 2 unspecified atom stereocenters. The molecule has 1 aliphatic heterocycles. The summed E-state index contributed by atoms with van der Waals surface area (Å²) in [6.07, 6.45) is 8.92. The number of hydrogen-bond acceptors (Lipinski definition) is 4. The van der Waals surface area contributed by atoms with Crippen LogP contribution in [0.3, 0.4) is 0 Å². The summed E-state index contributed by atoms with van der Waals surface area (Å²) >= 11 is 0. The number of ether oxygens (including phenoxy) is 1. The topological polar surface area (TPSA) is 54.4 Å². The van der Waals surface area contributed by atoms with E-state index in [4.69, 9.17) is 4.74 Å². The summed E-state index contributed by atoms with van der Waals surface area (Å²) in [4.78, 5) is 4.12. The van der Waals surface area contributed by atoms with Crippen molar-refractivity contribution in [3.05, 3.63) is 24.0 Å². The van der Waals surface area contributed by atoms with Gasteiger partial charge in [0.2, 0.25) is 0 Å². The number of aromatic nitrogens is 1. The molecule has 2 N–H and O–H groups in total. The van der Waals surface area contributed by atoms with Crippen molar-refractivity contribution in [2.45, 2.75) is 50.4 Å². The minimum absolute atomic E-state index is 0.129. The van der Waals surface area contributed by atoms with Crippen LogP contribution in [0.4, 0.5) is 0 Å². The van der Waals surface area contributed by atoms with E-state index in [0.29, 0.717) is 6.10 Å². The van der Waals surface area contributed by atoms with Crippen LogP contribution in [0.25, 0.3) is 0 Å². The van der Waals surface area contributed by atoms with Crippen molar-refractivity contribution < 1.29 is 9.84 Å². The molecule has 4 nitrogen and oxygen atoms in total. The van der Waals surface area contributed by atoms with Gasteiger partial charge < -0.3 is 15.2 Å². The maximum atomic E-state index is 10.5. The highest BCUT2D eigenvalue weighted by molar-refractivity contribution is 5.33. The van der Waals surface area contributed by atoms with E-state index >= 15 is 0 Å². The van der Waals surface area contributed by atoms with E-state index in [2.05, 4.69) is 10.3 Å². The van der Waals surface area contributed by atoms with Gasteiger partial charge in [0.15, 0.2) is 0 Å². The van der Waals surface area contributed by atoms with Crippen molar-refractivity contribution >= 4 is 0 Å². The van der Waals surface area contributed by atoms with Gasteiger partial charge in [-0.2, -0.15) is 0 Å². The zero-order valence-electron chi connectivity index (χ0n) is 10.5. The molecule has 1 aromatic rings. The molecule has 4 heteroatoms. The smallest absolute Gasteiger partial charge is 0.128 e. The zero-order chi connectivity index (χ0) is 12.4. The Bertz CT molecular complexity index is 401. The maximum absolute atomic E-state index is 10.5. The number of nitrogens with zero attached hydrogens (tertiary/aromatic N) is 1. The Hall–Kier alpha value is -1.13. The van der Waals surface area contributed by atoms with Crippen LogP contribution in [0.15, 0.2) is 18.5 Å². The van der Waals surface area contributed by atoms with Crippen molar-refractivity contribution in [3.8, 4) is 5.75 Å². The fourth-order valence-electron chi connectivity index (χ4n) is 2.45. The summed E-state index contributed by atoms with van der Waals surface area (Å²) in [5.41, 5.74) is 0.823. The number of rotatable bonds is 4. The normalized spacial score (nSPS) is 25.7. The Labute approximate surface area is 107 Å². The van der Waals surface area contributed by atoms with Crippen LogP contribution in [0.5, 0.6) is 5.75 Å². The molecule has 2 atom stereocenters. The number of nitrogens with one attached hydrogen (secondary N) is 1. The summed E-state index contributed by atoms with van der Waals surface area (Å²) in [7, 11) is 0. The molecule has 2 fully saturated rings. The second kappa shape index (κ2) is 5.24. The molecule has 3 rings (SSSR count). The lowest BCUT2D eigenvalue weighted by molar-refractivity contribution is 0.109. The van der Waals surface area contributed by atoms with E-state index in [-0.39, 0.29) is 6.04 Å². The summed E-state index contributed by atoms with van der Waals surface area (Å²) in [6, 6.07) is 1.99. The summed E-state index contributed by atoms with van der Waals surface area (Å²) < 4.78 is 5.84. The second-order valence-corrected chi connectivity index (χ2v) is 5.23. The Balaban J connectivity index is 1.76. The van der Waals surface area contributed by atoms with Crippen LogP contribution >= 0.6 is 0 Å². The lowest BCUT2D eigenvalue weighted by Gasteiger charge is -2.28. The number of aliphatic hydroxyl groups excluding tert-OH is 1. The molecular weight excluding hydrogens is 228 g/mol. The van der Waals surface area contributed by atoms with Gasteiger partial charge in [0.05, 0.1) is 12.2 Å². The van der Waals surface area contributed by atoms with E-state index in [1.165, 1.54) is 12.8 Å². The summed E-state index contributed by atoms with van der Waals surface area (Å²) in [6.45, 7) is 0.987. The highest BCUT2D eigenvalue weighted by Gasteiger charge is 2.29. The lowest BCUT2D eigenvalue weighted by atomic mass is 9.95. The van der Waals surface area contributed by atoms with Crippen LogP contribution in [-0.2, 0) is 0 Å². The molecule has 1 aliphatic carbocycles. The molecule has 2 aliphatic rings. The van der Waals surface area contributed by atoms with E-state index in [1.54, 1.807) is 12.4 Å². The zero-order valence-corrected chi connectivity index (χ0v) is 10.5. The van der Waals surface area contributed by atoms with Gasteiger partial charge in [-0.1, -0.05) is 6.42 Å². The van der Waals surface area contributed by atoms with Gasteiger partial charge in [-0.25, -0.2) is 0 Å². The second-order valence-electron chi connectivity index (χ2n) is 5.23. The first-order valence-electron chi connectivity index (χ1n) is 6.86. The third kappa shape index (κ3) is 2.65. The van der Waals surface area contributed by atoms with Crippen LogP contribution in [0, 0.1) is 0 Å². The molecule has 1 aromatic heterocycles. The average Bonchev–Trinajstić information content (AvgIpc) is 3.24. The van der Waals surface area contributed by atoms with Crippen molar-refractivity contribution in [1.29, 1.82) is 0 Å². The molecule has 0 spiro atoms. The monoisotopic (exact) mass is 248 g/mol. The van der Waals surface area contributed by atoms with Gasteiger partial charge in [-0.15, -0.1) is 0 Å². The lowest BCUT2D eigenvalue weighted by Crippen LogP contribution is -2.39. The highest BCUT2D eigenvalue weighted by Crippen LogP contribution is 2.33. The fourth-order valence-corrected chi connectivity index (χ4v) is 2.45. The fraction of sp³-hybridized carbons (Fsp3) is 0.643. The number of aliphatic hydroxyl groups is 1. The minimum Gasteiger partial charge on any atom is -0.490 e. The molecule has 18 heavy (non-hydrogen) atoms. The molecule has 2 heterocycles. The van der Waals surface area contributed by atoms with Gasteiger partial charge in [0.1, 0.15) is 5.75 Å². The Morgan fingerprint density at radius 3 is 2.94 bits per heavy atom. The van der Waals surface area contributed by atoms with Gasteiger partial charge in [-0.05, 0) is 38.3 Å². The predicted molar refractivity (Wildman–Crippen MR) is 68.5 cm³/mol. The largest absolute Gasteiger partial charge is 0.490 e. The average molecular weight is 248 g/mol. The minimum atomic E-state index is -0.521. The molecule has 0 amide bonds. The third-order valence-corrected chi connectivity index (χ3v) is 3.68. The SMILES string of the molecule is OC(c1cnccc1OC1CC1)C1CCCCN1. The first kappa shape index (κ1) is 11.9. The first-order valence-corrected chi connectivity index (χ1v) is 6.86. The van der Waals surface area contributed by atoms with Crippen molar-refractivity contribution in [2.75, 3.05) is 6.54 Å². The standard InChI is InChI=1S/C14H20N2O2/c17-14(12-3-1-2-7-16-12)11-9-15-8-6-13(11)18-10-4-5-10/h6,8-10,12,14,16-17H,1-5,7H2. The van der Waals surface area contributed by atoms with Crippen LogP contribution in [0.2, 0.25) is 0 Å². The highest BCUT2D eigenvalue weighted by atomic mass is 16.5. The molecular formula is C14H20N2O2.